The lowest BCUT2D eigenvalue weighted by Gasteiger charge is -2.05. The summed E-state index contributed by atoms with van der Waals surface area (Å²) in [5.41, 5.74) is 0.198. The van der Waals surface area contributed by atoms with Crippen LogP contribution in [0.1, 0.15) is 20.3 Å². The average Bonchev–Trinajstić information content (AvgIpc) is 2.02. The largest absolute Gasteiger partial charge is 0.416 e. The molecule has 0 aliphatic carbocycles. The Hall–Kier alpha value is -0.990. The van der Waals surface area contributed by atoms with Gasteiger partial charge < -0.3 is 0 Å². The molecule has 0 N–H and O–H groups in total. The van der Waals surface area contributed by atoms with Crippen LogP contribution in [0.3, 0.4) is 0 Å². The summed E-state index contributed by atoms with van der Waals surface area (Å²) in [4.78, 5) is 0. The molecule has 0 atom stereocenters. The predicted molar refractivity (Wildman–Crippen MR) is 48.4 cm³/mol. The summed E-state index contributed by atoms with van der Waals surface area (Å²) >= 11 is 0. The van der Waals surface area contributed by atoms with E-state index in [1.54, 1.807) is 6.92 Å². The van der Waals surface area contributed by atoms with Crippen molar-refractivity contribution >= 4 is 0 Å². The van der Waals surface area contributed by atoms with Gasteiger partial charge in [0.15, 0.2) is 0 Å². The van der Waals surface area contributed by atoms with Crippen molar-refractivity contribution in [2.45, 2.75) is 26.4 Å². The fourth-order valence-electron chi connectivity index (χ4n) is 0.628. The number of alkyl halides is 3. The van der Waals surface area contributed by atoms with Gasteiger partial charge in [0.25, 0.3) is 0 Å². The normalized spacial score (nSPS) is 14.5. The quantitative estimate of drug-likeness (QED) is 0.589. The predicted octanol–water partition coefficient (Wildman–Crippen LogP) is 4.02. The fraction of sp³-hybridized carbons (Fsp3) is 0.400. The Morgan fingerprint density at radius 2 is 1.85 bits per heavy atom. The van der Waals surface area contributed by atoms with E-state index in [1.165, 1.54) is 6.08 Å². The van der Waals surface area contributed by atoms with Gasteiger partial charge >= 0.3 is 6.18 Å². The van der Waals surface area contributed by atoms with Crippen molar-refractivity contribution in [3.8, 4) is 0 Å². The maximum atomic E-state index is 12.1. The Labute approximate surface area is 76.5 Å². The van der Waals surface area contributed by atoms with Crippen LogP contribution >= 0.6 is 0 Å². The van der Waals surface area contributed by atoms with Crippen LogP contribution in [0.2, 0.25) is 0 Å². The zero-order valence-corrected chi connectivity index (χ0v) is 7.78. The Kier molecular flexibility index (Phi) is 4.52. The molecule has 0 heterocycles. The highest BCUT2D eigenvalue weighted by Gasteiger charge is 2.30. The van der Waals surface area contributed by atoms with Crippen molar-refractivity contribution in [3.05, 3.63) is 36.0 Å². The molecule has 0 aromatic carbocycles. The number of rotatable bonds is 3. The van der Waals surface area contributed by atoms with Crippen LogP contribution in [0.25, 0.3) is 0 Å². The molecule has 0 saturated carbocycles. The Morgan fingerprint density at radius 1 is 1.31 bits per heavy atom. The maximum absolute atomic E-state index is 12.1. The van der Waals surface area contributed by atoms with E-state index in [9.17, 15) is 13.2 Å². The van der Waals surface area contributed by atoms with Crippen LogP contribution in [-0.4, -0.2) is 6.18 Å². The van der Waals surface area contributed by atoms with Gasteiger partial charge in [-0.3, -0.25) is 0 Å². The lowest BCUT2D eigenvalue weighted by Crippen LogP contribution is -2.09. The van der Waals surface area contributed by atoms with Crippen molar-refractivity contribution in [1.29, 1.82) is 0 Å². The SMILES string of the molecule is C=C/C(=C\C=C(\C)CC)C(F)(F)F. The van der Waals surface area contributed by atoms with Crippen molar-refractivity contribution < 1.29 is 13.2 Å². The highest BCUT2D eigenvalue weighted by Crippen LogP contribution is 2.26. The topological polar surface area (TPSA) is 0 Å². The van der Waals surface area contributed by atoms with Crippen molar-refractivity contribution in [3.63, 3.8) is 0 Å². The number of allylic oxidation sites excluding steroid dienone is 5. The molecule has 0 saturated heterocycles. The summed E-state index contributed by atoms with van der Waals surface area (Å²) in [7, 11) is 0. The van der Waals surface area contributed by atoms with Crippen LogP contribution < -0.4 is 0 Å². The fourth-order valence-corrected chi connectivity index (χ4v) is 0.628. The average molecular weight is 190 g/mol. The Balaban J connectivity index is 4.69. The molecule has 0 radical (unpaired) electrons. The molecule has 0 aromatic heterocycles. The first-order valence-electron chi connectivity index (χ1n) is 3.99. The highest BCUT2D eigenvalue weighted by molar-refractivity contribution is 5.27. The van der Waals surface area contributed by atoms with Crippen molar-refractivity contribution in [2.75, 3.05) is 0 Å². The molecule has 0 aliphatic heterocycles. The van der Waals surface area contributed by atoms with Gasteiger partial charge in [-0.15, -0.1) is 0 Å². The van der Waals surface area contributed by atoms with Gasteiger partial charge in [-0.05, 0) is 13.3 Å². The summed E-state index contributed by atoms with van der Waals surface area (Å²) in [5.74, 6) is 0. The second-order valence-electron chi connectivity index (χ2n) is 2.69. The van der Waals surface area contributed by atoms with E-state index in [4.69, 9.17) is 0 Å². The lowest BCUT2D eigenvalue weighted by molar-refractivity contribution is -0.0881. The molecule has 74 valence electrons. The molecule has 0 spiro atoms. The second kappa shape index (κ2) is 4.90. The summed E-state index contributed by atoms with van der Waals surface area (Å²) in [6, 6.07) is 0. The molecule has 0 aliphatic rings. The van der Waals surface area contributed by atoms with Gasteiger partial charge in [0.2, 0.25) is 0 Å². The minimum Gasteiger partial charge on any atom is -0.166 e. The number of hydrogen-bond donors (Lipinski definition) is 0. The molecule has 13 heavy (non-hydrogen) atoms. The molecule has 0 aromatic rings. The highest BCUT2D eigenvalue weighted by atomic mass is 19.4. The third-order valence-electron chi connectivity index (χ3n) is 1.65. The first kappa shape index (κ1) is 12.0. The van der Waals surface area contributed by atoms with Gasteiger partial charge in [0.05, 0.1) is 5.57 Å². The van der Waals surface area contributed by atoms with E-state index < -0.39 is 11.7 Å². The maximum Gasteiger partial charge on any atom is 0.416 e. The zero-order chi connectivity index (χ0) is 10.5. The number of halogens is 3. The molecule has 0 bridgehead atoms. The van der Waals surface area contributed by atoms with Crippen LogP contribution in [0, 0.1) is 0 Å². The third-order valence-corrected chi connectivity index (χ3v) is 1.65. The van der Waals surface area contributed by atoms with Gasteiger partial charge in [0.1, 0.15) is 0 Å². The van der Waals surface area contributed by atoms with Crippen molar-refractivity contribution in [1.82, 2.24) is 0 Å². The molecular weight excluding hydrogens is 177 g/mol. The Bertz CT molecular complexity index is 231. The first-order valence-corrected chi connectivity index (χ1v) is 3.99. The van der Waals surface area contributed by atoms with E-state index in [1.807, 2.05) is 6.92 Å². The summed E-state index contributed by atoms with van der Waals surface area (Å²) < 4.78 is 36.3. The van der Waals surface area contributed by atoms with E-state index in [0.29, 0.717) is 0 Å². The molecular formula is C10H13F3. The first-order chi connectivity index (χ1) is 5.91. The van der Waals surface area contributed by atoms with Gasteiger partial charge in [-0.1, -0.05) is 37.3 Å². The zero-order valence-electron chi connectivity index (χ0n) is 7.78. The van der Waals surface area contributed by atoms with Gasteiger partial charge in [-0.2, -0.15) is 13.2 Å². The van der Waals surface area contributed by atoms with E-state index in [2.05, 4.69) is 6.58 Å². The van der Waals surface area contributed by atoms with E-state index >= 15 is 0 Å². The van der Waals surface area contributed by atoms with Gasteiger partial charge in [-0.25, -0.2) is 0 Å². The Morgan fingerprint density at radius 3 is 2.15 bits per heavy atom. The lowest BCUT2D eigenvalue weighted by atomic mass is 10.1. The van der Waals surface area contributed by atoms with Crippen molar-refractivity contribution in [2.24, 2.45) is 0 Å². The molecule has 0 nitrogen and oxygen atoms in total. The van der Waals surface area contributed by atoms with E-state index in [-0.39, 0.29) is 0 Å². The summed E-state index contributed by atoms with van der Waals surface area (Å²) in [5, 5.41) is 0. The smallest absolute Gasteiger partial charge is 0.166 e. The molecule has 3 heteroatoms. The second-order valence-corrected chi connectivity index (χ2v) is 2.69. The van der Waals surface area contributed by atoms with Crippen LogP contribution in [0.4, 0.5) is 13.2 Å². The third kappa shape index (κ3) is 4.55. The minimum atomic E-state index is -4.30. The minimum absolute atomic E-state index is 0.708. The monoisotopic (exact) mass is 190 g/mol. The van der Waals surface area contributed by atoms with Gasteiger partial charge in [0, 0.05) is 0 Å². The summed E-state index contributed by atoms with van der Waals surface area (Å²) in [6.45, 7) is 6.79. The standard InChI is InChI=1S/C10H13F3/c1-4-8(3)6-7-9(5-2)10(11,12)13/h5-7H,2,4H2,1,3H3/b8-6-,9-7+. The molecule has 0 amide bonds. The van der Waals surface area contributed by atoms with Crippen LogP contribution in [0.15, 0.2) is 36.0 Å². The number of hydrogen-bond acceptors (Lipinski definition) is 0. The molecule has 0 unspecified atom stereocenters. The molecule has 0 fully saturated rings. The molecule has 0 rings (SSSR count). The summed E-state index contributed by atoms with van der Waals surface area (Å²) in [6.07, 6.45) is -0.221. The van der Waals surface area contributed by atoms with Crippen LogP contribution in [0.5, 0.6) is 0 Å². The van der Waals surface area contributed by atoms with Crippen LogP contribution in [-0.2, 0) is 0 Å². The van der Waals surface area contributed by atoms with E-state index in [0.717, 1.165) is 24.1 Å².